The highest BCUT2D eigenvalue weighted by atomic mass is 16.5. The quantitative estimate of drug-likeness (QED) is 0.530. The molecule has 0 unspecified atom stereocenters. The fraction of sp³-hybridized carbons (Fsp3) is 0.0909. The summed E-state index contributed by atoms with van der Waals surface area (Å²) in [5, 5.41) is 12.0. The molecule has 0 radical (unpaired) electrons. The minimum atomic E-state index is -0.286. The van der Waals surface area contributed by atoms with Crippen molar-refractivity contribution < 1.29 is 14.3 Å². The van der Waals surface area contributed by atoms with Gasteiger partial charge in [-0.05, 0) is 35.0 Å². The number of aromatic amines is 1. The van der Waals surface area contributed by atoms with Crippen molar-refractivity contribution in [3.8, 4) is 22.8 Å². The maximum absolute atomic E-state index is 12.2. The van der Waals surface area contributed by atoms with Gasteiger partial charge in [-0.2, -0.15) is 5.10 Å². The van der Waals surface area contributed by atoms with Crippen molar-refractivity contribution >= 4 is 22.5 Å². The van der Waals surface area contributed by atoms with E-state index in [0.29, 0.717) is 11.6 Å². The molecule has 6 nitrogen and oxygen atoms in total. The molecular formula is C22H19N3O3. The van der Waals surface area contributed by atoms with Crippen LogP contribution < -0.4 is 14.8 Å². The second kappa shape index (κ2) is 7.84. The third-order valence-corrected chi connectivity index (χ3v) is 4.33. The second-order valence-corrected chi connectivity index (χ2v) is 6.21. The number of benzene rings is 3. The minimum Gasteiger partial charge on any atom is -0.496 e. The molecule has 0 bridgehead atoms. The first-order valence-electron chi connectivity index (χ1n) is 8.83. The Hall–Kier alpha value is -3.80. The van der Waals surface area contributed by atoms with Gasteiger partial charge >= 0.3 is 0 Å². The number of nitrogens with zero attached hydrogens (tertiary/aromatic N) is 1. The van der Waals surface area contributed by atoms with Gasteiger partial charge in [0.05, 0.1) is 12.8 Å². The van der Waals surface area contributed by atoms with Crippen molar-refractivity contribution in [3.63, 3.8) is 0 Å². The summed E-state index contributed by atoms with van der Waals surface area (Å²) in [5.41, 5.74) is 1.62. The van der Waals surface area contributed by atoms with Crippen LogP contribution in [-0.4, -0.2) is 29.8 Å². The Morgan fingerprint density at radius 1 is 1.00 bits per heavy atom. The molecule has 0 saturated heterocycles. The van der Waals surface area contributed by atoms with E-state index in [1.54, 1.807) is 13.2 Å². The number of carbonyl (C=O) groups excluding carboxylic acids is 1. The summed E-state index contributed by atoms with van der Waals surface area (Å²) in [6.45, 7) is -0.102. The van der Waals surface area contributed by atoms with E-state index in [0.717, 1.165) is 27.8 Å². The third kappa shape index (κ3) is 3.81. The number of amides is 1. The van der Waals surface area contributed by atoms with Crippen LogP contribution in [0.5, 0.6) is 11.5 Å². The lowest BCUT2D eigenvalue weighted by atomic mass is 10.1. The van der Waals surface area contributed by atoms with Crippen LogP contribution in [0.4, 0.5) is 5.82 Å². The van der Waals surface area contributed by atoms with E-state index >= 15 is 0 Å². The van der Waals surface area contributed by atoms with Crippen molar-refractivity contribution in [1.29, 1.82) is 0 Å². The van der Waals surface area contributed by atoms with Gasteiger partial charge in [0.15, 0.2) is 12.4 Å². The second-order valence-electron chi connectivity index (χ2n) is 6.21. The van der Waals surface area contributed by atoms with Crippen LogP contribution in [0.2, 0.25) is 0 Å². The summed E-state index contributed by atoms with van der Waals surface area (Å²) >= 11 is 0. The summed E-state index contributed by atoms with van der Waals surface area (Å²) in [5.74, 6) is 1.51. The van der Waals surface area contributed by atoms with Crippen molar-refractivity contribution in [2.75, 3.05) is 19.0 Å². The van der Waals surface area contributed by atoms with Crippen LogP contribution in [-0.2, 0) is 4.79 Å². The Morgan fingerprint density at radius 3 is 2.64 bits per heavy atom. The fourth-order valence-electron chi connectivity index (χ4n) is 2.98. The highest BCUT2D eigenvalue weighted by Gasteiger charge is 2.11. The number of rotatable bonds is 6. The molecule has 6 heteroatoms. The maximum Gasteiger partial charge on any atom is 0.263 e. The first-order valence-corrected chi connectivity index (χ1v) is 8.83. The molecule has 0 saturated carbocycles. The number of para-hydroxylation sites is 1. The molecule has 0 spiro atoms. The van der Waals surface area contributed by atoms with Gasteiger partial charge in [-0.3, -0.25) is 9.89 Å². The van der Waals surface area contributed by atoms with E-state index in [4.69, 9.17) is 9.47 Å². The van der Waals surface area contributed by atoms with Crippen molar-refractivity contribution in [3.05, 3.63) is 72.8 Å². The molecule has 0 fully saturated rings. The van der Waals surface area contributed by atoms with Crippen molar-refractivity contribution in [1.82, 2.24) is 10.2 Å². The lowest BCUT2D eigenvalue weighted by molar-refractivity contribution is -0.118. The Bertz CT molecular complexity index is 1120. The molecular weight excluding hydrogens is 354 g/mol. The molecule has 1 heterocycles. The summed E-state index contributed by atoms with van der Waals surface area (Å²) in [7, 11) is 1.61. The number of anilines is 1. The van der Waals surface area contributed by atoms with Gasteiger partial charge in [0.1, 0.15) is 11.5 Å². The fourth-order valence-corrected chi connectivity index (χ4v) is 2.98. The molecule has 0 aliphatic heterocycles. The zero-order valence-corrected chi connectivity index (χ0v) is 15.3. The third-order valence-electron chi connectivity index (χ3n) is 4.33. The number of carbonyl (C=O) groups is 1. The average Bonchev–Trinajstić information content (AvgIpc) is 3.20. The number of methoxy groups -OCH3 is 1. The standard InChI is InChI=1S/C22H19N3O3/c1-27-20-9-5-4-8-18(20)19-13-21(25-24-19)23-22(26)14-28-17-11-10-15-6-2-3-7-16(15)12-17/h2-13H,14H2,1H3,(H2,23,24,25,26). The first kappa shape index (κ1) is 17.6. The topological polar surface area (TPSA) is 76.2 Å². The van der Waals surface area contributed by atoms with Gasteiger partial charge < -0.3 is 14.8 Å². The normalized spacial score (nSPS) is 10.6. The Balaban J connectivity index is 1.39. The van der Waals surface area contributed by atoms with Crippen molar-refractivity contribution in [2.45, 2.75) is 0 Å². The van der Waals surface area contributed by atoms with E-state index in [1.807, 2.05) is 66.7 Å². The van der Waals surface area contributed by atoms with Crippen LogP contribution in [0.25, 0.3) is 22.0 Å². The van der Waals surface area contributed by atoms with Crippen LogP contribution in [0, 0.1) is 0 Å². The van der Waals surface area contributed by atoms with Crippen LogP contribution in [0.1, 0.15) is 0 Å². The van der Waals surface area contributed by atoms with Gasteiger partial charge in [-0.1, -0.05) is 42.5 Å². The summed E-state index contributed by atoms with van der Waals surface area (Å²) in [6, 6.07) is 23.1. The smallest absolute Gasteiger partial charge is 0.263 e. The van der Waals surface area contributed by atoms with E-state index in [2.05, 4.69) is 15.5 Å². The Morgan fingerprint density at radius 2 is 1.79 bits per heavy atom. The highest BCUT2D eigenvalue weighted by Crippen LogP contribution is 2.29. The van der Waals surface area contributed by atoms with Gasteiger partial charge in [-0.15, -0.1) is 0 Å². The molecule has 140 valence electrons. The molecule has 1 aromatic heterocycles. The number of H-pyrrole nitrogens is 1. The molecule has 0 aliphatic rings. The van der Waals surface area contributed by atoms with Crippen molar-refractivity contribution in [2.24, 2.45) is 0 Å². The molecule has 0 aliphatic carbocycles. The molecule has 3 aromatic carbocycles. The average molecular weight is 373 g/mol. The van der Waals surface area contributed by atoms with E-state index in [-0.39, 0.29) is 12.5 Å². The molecule has 4 rings (SSSR count). The molecule has 1 amide bonds. The number of hydrogen-bond donors (Lipinski definition) is 2. The van der Waals surface area contributed by atoms with Gasteiger partial charge in [0.2, 0.25) is 0 Å². The largest absolute Gasteiger partial charge is 0.496 e. The zero-order chi connectivity index (χ0) is 19.3. The summed E-state index contributed by atoms with van der Waals surface area (Å²) in [6.07, 6.45) is 0. The number of fused-ring (bicyclic) bond motifs is 1. The predicted octanol–water partition coefficient (Wildman–Crippen LogP) is 4.26. The van der Waals surface area contributed by atoms with Crippen LogP contribution in [0.3, 0.4) is 0 Å². The Labute approximate surface area is 162 Å². The van der Waals surface area contributed by atoms with E-state index in [1.165, 1.54) is 0 Å². The predicted molar refractivity (Wildman–Crippen MR) is 109 cm³/mol. The number of aromatic nitrogens is 2. The molecule has 4 aromatic rings. The van der Waals surface area contributed by atoms with Crippen LogP contribution >= 0.6 is 0 Å². The van der Waals surface area contributed by atoms with Gasteiger partial charge in [0.25, 0.3) is 5.91 Å². The minimum absolute atomic E-state index is 0.102. The lowest BCUT2D eigenvalue weighted by Gasteiger charge is -2.07. The molecule has 2 N–H and O–H groups in total. The van der Waals surface area contributed by atoms with Crippen LogP contribution in [0.15, 0.2) is 72.8 Å². The summed E-state index contributed by atoms with van der Waals surface area (Å²) < 4.78 is 11.0. The lowest BCUT2D eigenvalue weighted by Crippen LogP contribution is -2.20. The molecule has 0 atom stereocenters. The SMILES string of the molecule is COc1ccccc1-c1cc(NC(=O)COc2ccc3ccccc3c2)n[nH]1. The first-order chi connectivity index (χ1) is 13.7. The monoisotopic (exact) mass is 373 g/mol. The number of hydrogen-bond acceptors (Lipinski definition) is 4. The molecule has 28 heavy (non-hydrogen) atoms. The summed E-state index contributed by atoms with van der Waals surface area (Å²) in [4.78, 5) is 12.2. The van der Waals surface area contributed by atoms with Gasteiger partial charge in [0, 0.05) is 11.6 Å². The van der Waals surface area contributed by atoms with E-state index in [9.17, 15) is 4.79 Å². The Kier molecular flexibility index (Phi) is 4.93. The maximum atomic E-state index is 12.2. The van der Waals surface area contributed by atoms with E-state index < -0.39 is 0 Å². The zero-order valence-electron chi connectivity index (χ0n) is 15.3. The number of nitrogens with one attached hydrogen (secondary N) is 2. The highest BCUT2D eigenvalue weighted by molar-refractivity contribution is 5.91. The number of ether oxygens (including phenoxy) is 2. The van der Waals surface area contributed by atoms with Gasteiger partial charge in [-0.25, -0.2) is 0 Å².